The minimum Gasteiger partial charge on any atom is -0.507 e. The van der Waals surface area contributed by atoms with E-state index in [1.165, 1.54) is 0 Å². The van der Waals surface area contributed by atoms with Crippen LogP contribution in [0.2, 0.25) is 0 Å². The molecule has 1 fully saturated rings. The van der Waals surface area contributed by atoms with Crippen LogP contribution in [0.3, 0.4) is 0 Å². The predicted molar refractivity (Wildman–Crippen MR) is 152 cm³/mol. The van der Waals surface area contributed by atoms with Crippen LogP contribution in [0.4, 0.5) is 0 Å². The molecule has 1 unspecified atom stereocenters. The molecule has 1 aliphatic rings. The number of carbonyl (C=O) groups is 2. The monoisotopic (exact) mass is 538 g/mol. The first kappa shape index (κ1) is 30.0. The lowest BCUT2D eigenvalue weighted by Crippen LogP contribution is -2.32. The molecule has 3 rings (SSSR count). The highest BCUT2D eigenvalue weighted by Gasteiger charge is 2.46. The Morgan fingerprint density at radius 2 is 1.62 bits per heavy atom. The highest BCUT2D eigenvalue weighted by atomic mass is 16.5. The number of likely N-dealkylation sites (tertiary alicyclic amines) is 1. The molecule has 1 saturated heterocycles. The third-order valence-electron chi connectivity index (χ3n) is 6.57. The van der Waals surface area contributed by atoms with E-state index in [4.69, 9.17) is 14.2 Å². The van der Waals surface area contributed by atoms with Crippen molar-refractivity contribution in [3.8, 4) is 17.2 Å². The maximum Gasteiger partial charge on any atom is 0.295 e. The summed E-state index contributed by atoms with van der Waals surface area (Å²) in [6, 6.07) is 11.6. The van der Waals surface area contributed by atoms with Crippen LogP contribution in [-0.4, -0.2) is 73.6 Å². The summed E-state index contributed by atoms with van der Waals surface area (Å²) >= 11 is 0. The summed E-state index contributed by atoms with van der Waals surface area (Å²) in [6.45, 7) is 8.58. The van der Waals surface area contributed by atoms with E-state index in [-0.39, 0.29) is 11.3 Å². The lowest BCUT2D eigenvalue weighted by atomic mass is 9.95. The molecule has 0 spiro atoms. The van der Waals surface area contributed by atoms with Gasteiger partial charge in [0, 0.05) is 12.1 Å². The standard InChI is InChI=1S/C31H42N2O6/c1-6-9-10-20-39-25-17-14-23(21-26(25)38-8-3)28-27(29(34)22-12-15-24(16-13-22)37-7-2)30(35)31(36)33(28)19-11-18-32(4)5/h12-17,21,28,34H,6-11,18-20H2,1-5H3/b29-27+. The summed E-state index contributed by atoms with van der Waals surface area (Å²) in [7, 11) is 3.93. The fourth-order valence-electron chi connectivity index (χ4n) is 4.66. The zero-order valence-corrected chi connectivity index (χ0v) is 23.9. The van der Waals surface area contributed by atoms with E-state index in [1.54, 1.807) is 29.2 Å². The van der Waals surface area contributed by atoms with Gasteiger partial charge in [-0.15, -0.1) is 0 Å². The number of rotatable bonds is 15. The lowest BCUT2D eigenvalue weighted by molar-refractivity contribution is -0.139. The quantitative estimate of drug-likeness (QED) is 0.140. The fraction of sp³-hybridized carbons (Fsp3) is 0.484. The van der Waals surface area contributed by atoms with Gasteiger partial charge in [-0.2, -0.15) is 0 Å². The van der Waals surface area contributed by atoms with Crippen molar-refractivity contribution in [3.63, 3.8) is 0 Å². The van der Waals surface area contributed by atoms with Crippen molar-refractivity contribution in [2.45, 2.75) is 52.5 Å². The fourth-order valence-corrected chi connectivity index (χ4v) is 4.66. The zero-order chi connectivity index (χ0) is 28.4. The van der Waals surface area contributed by atoms with Gasteiger partial charge in [-0.1, -0.05) is 25.8 Å². The minimum atomic E-state index is -0.757. The maximum absolute atomic E-state index is 13.4. The van der Waals surface area contributed by atoms with E-state index in [9.17, 15) is 14.7 Å². The van der Waals surface area contributed by atoms with E-state index >= 15 is 0 Å². The van der Waals surface area contributed by atoms with E-state index in [1.807, 2.05) is 51.0 Å². The Hall–Kier alpha value is -3.52. The van der Waals surface area contributed by atoms with E-state index in [2.05, 4.69) is 6.92 Å². The number of carbonyl (C=O) groups excluding carboxylic acids is 2. The number of hydrogen-bond acceptors (Lipinski definition) is 7. The molecule has 1 amide bonds. The predicted octanol–water partition coefficient (Wildman–Crippen LogP) is 5.43. The van der Waals surface area contributed by atoms with Crippen LogP contribution in [0.5, 0.6) is 17.2 Å². The van der Waals surface area contributed by atoms with Crippen LogP contribution in [-0.2, 0) is 9.59 Å². The van der Waals surface area contributed by atoms with E-state index in [0.29, 0.717) is 61.2 Å². The molecular weight excluding hydrogens is 496 g/mol. The van der Waals surface area contributed by atoms with E-state index < -0.39 is 17.7 Å². The number of unbranched alkanes of at least 4 members (excludes halogenated alkanes) is 2. The van der Waals surface area contributed by atoms with Crippen LogP contribution < -0.4 is 14.2 Å². The highest BCUT2D eigenvalue weighted by molar-refractivity contribution is 6.46. The van der Waals surface area contributed by atoms with E-state index in [0.717, 1.165) is 25.8 Å². The number of aliphatic hydroxyl groups excluding tert-OH is 1. The van der Waals surface area contributed by atoms with Crippen molar-refractivity contribution >= 4 is 17.4 Å². The molecule has 1 aliphatic heterocycles. The van der Waals surface area contributed by atoms with Gasteiger partial charge in [-0.25, -0.2) is 0 Å². The number of hydrogen-bond donors (Lipinski definition) is 1. The molecule has 1 heterocycles. The van der Waals surface area contributed by atoms with Gasteiger partial charge in [0.1, 0.15) is 11.5 Å². The Labute approximate surface area is 232 Å². The average Bonchev–Trinajstić information content (AvgIpc) is 3.17. The van der Waals surface area contributed by atoms with Crippen molar-refractivity contribution in [1.29, 1.82) is 0 Å². The Balaban J connectivity index is 2.06. The molecule has 0 saturated carbocycles. The Bertz CT molecular complexity index is 1140. The summed E-state index contributed by atoms with van der Waals surface area (Å²) in [5, 5.41) is 11.4. The molecule has 212 valence electrons. The van der Waals surface area contributed by atoms with Gasteiger partial charge in [-0.05, 0) is 89.3 Å². The normalized spacial score (nSPS) is 16.7. The van der Waals surface area contributed by atoms with Gasteiger partial charge in [0.25, 0.3) is 11.7 Å². The van der Waals surface area contributed by atoms with Crippen LogP contribution >= 0.6 is 0 Å². The van der Waals surface area contributed by atoms with Crippen molar-refractivity contribution in [2.24, 2.45) is 0 Å². The van der Waals surface area contributed by atoms with Gasteiger partial charge in [0.05, 0.1) is 31.4 Å². The van der Waals surface area contributed by atoms with Crippen molar-refractivity contribution in [1.82, 2.24) is 9.80 Å². The second kappa shape index (κ2) is 14.6. The van der Waals surface area contributed by atoms with Crippen LogP contribution in [0.15, 0.2) is 48.0 Å². The Morgan fingerprint density at radius 3 is 2.26 bits per heavy atom. The maximum atomic E-state index is 13.4. The van der Waals surface area contributed by atoms with Crippen LogP contribution in [0, 0.1) is 0 Å². The number of Topliss-reactive ketones (excluding diaryl/α,β-unsaturated/α-hetero) is 1. The zero-order valence-electron chi connectivity index (χ0n) is 23.9. The molecule has 1 atom stereocenters. The average molecular weight is 539 g/mol. The molecule has 0 aliphatic carbocycles. The van der Waals surface area contributed by atoms with Gasteiger partial charge < -0.3 is 29.1 Å². The molecule has 8 nitrogen and oxygen atoms in total. The van der Waals surface area contributed by atoms with Crippen molar-refractivity contribution in [3.05, 3.63) is 59.2 Å². The molecule has 0 aromatic heterocycles. The number of nitrogens with zero attached hydrogens (tertiary/aromatic N) is 2. The smallest absolute Gasteiger partial charge is 0.295 e. The number of amides is 1. The number of ether oxygens (including phenoxy) is 3. The molecule has 8 heteroatoms. The largest absolute Gasteiger partial charge is 0.507 e. The third-order valence-corrected chi connectivity index (χ3v) is 6.57. The first-order chi connectivity index (χ1) is 18.8. The van der Waals surface area contributed by atoms with Gasteiger partial charge in [-0.3, -0.25) is 9.59 Å². The molecule has 0 radical (unpaired) electrons. The summed E-state index contributed by atoms with van der Waals surface area (Å²) in [5.74, 6) is 0.289. The number of ketones is 1. The van der Waals surface area contributed by atoms with Gasteiger partial charge in [0.15, 0.2) is 11.5 Å². The molecule has 2 aromatic rings. The molecular formula is C31H42N2O6. The summed E-state index contributed by atoms with van der Waals surface area (Å²) in [6.07, 6.45) is 3.80. The van der Waals surface area contributed by atoms with Gasteiger partial charge in [0.2, 0.25) is 0 Å². The topological polar surface area (TPSA) is 88.5 Å². The second-order valence-corrected chi connectivity index (χ2v) is 9.80. The molecule has 0 bridgehead atoms. The first-order valence-corrected chi connectivity index (χ1v) is 13.9. The Morgan fingerprint density at radius 1 is 0.897 bits per heavy atom. The highest BCUT2D eigenvalue weighted by Crippen LogP contribution is 2.42. The summed E-state index contributed by atoms with van der Waals surface area (Å²) in [4.78, 5) is 30.2. The number of benzene rings is 2. The van der Waals surface area contributed by atoms with Crippen molar-refractivity contribution < 1.29 is 28.9 Å². The van der Waals surface area contributed by atoms with Crippen LogP contribution in [0.1, 0.15) is 63.6 Å². The van der Waals surface area contributed by atoms with Crippen molar-refractivity contribution in [2.75, 3.05) is 47.0 Å². The Kier molecular flexibility index (Phi) is 11.2. The summed E-state index contributed by atoms with van der Waals surface area (Å²) < 4.78 is 17.4. The third kappa shape index (κ3) is 7.53. The number of aliphatic hydroxyl groups is 1. The summed E-state index contributed by atoms with van der Waals surface area (Å²) in [5.41, 5.74) is 1.18. The molecule has 39 heavy (non-hydrogen) atoms. The van der Waals surface area contributed by atoms with Crippen LogP contribution in [0.25, 0.3) is 5.76 Å². The SMILES string of the molecule is CCCCCOc1ccc(C2/C(=C(\O)c3ccc(OCC)cc3)C(=O)C(=O)N2CCCN(C)C)cc1OCC. The molecule has 2 aromatic carbocycles. The molecule has 1 N–H and O–H groups in total. The lowest BCUT2D eigenvalue weighted by Gasteiger charge is -2.26. The minimum absolute atomic E-state index is 0.0630. The first-order valence-electron chi connectivity index (χ1n) is 13.9. The second-order valence-electron chi connectivity index (χ2n) is 9.80. The van der Waals surface area contributed by atoms with Gasteiger partial charge >= 0.3 is 0 Å².